The van der Waals surface area contributed by atoms with E-state index in [4.69, 9.17) is 9.47 Å². The summed E-state index contributed by atoms with van der Waals surface area (Å²) in [7, 11) is 1.66. The summed E-state index contributed by atoms with van der Waals surface area (Å²) in [5.41, 5.74) is 1.31. The fourth-order valence-electron chi connectivity index (χ4n) is 3.46. The van der Waals surface area contributed by atoms with Crippen LogP contribution >= 0.6 is 0 Å². The highest BCUT2D eigenvalue weighted by atomic mass is 16.5. The van der Waals surface area contributed by atoms with Crippen molar-refractivity contribution < 1.29 is 14.3 Å². The SMILES string of the molecule is CO[C@@H]1COC[C@@H]1NC(=O)N1CCN(Cc2ccccc2)C[C@H]1C. The topological polar surface area (TPSA) is 54.0 Å². The minimum absolute atomic E-state index is 0.0144. The molecule has 24 heavy (non-hydrogen) atoms. The number of hydrogen-bond donors (Lipinski definition) is 1. The molecule has 0 saturated carbocycles. The number of ether oxygens (including phenoxy) is 2. The first-order valence-corrected chi connectivity index (χ1v) is 8.61. The number of nitrogens with one attached hydrogen (secondary N) is 1. The van der Waals surface area contributed by atoms with E-state index < -0.39 is 0 Å². The van der Waals surface area contributed by atoms with Gasteiger partial charge >= 0.3 is 6.03 Å². The van der Waals surface area contributed by atoms with E-state index in [1.807, 2.05) is 11.0 Å². The summed E-state index contributed by atoms with van der Waals surface area (Å²) in [6.07, 6.45) is -0.0522. The molecule has 0 aliphatic carbocycles. The van der Waals surface area contributed by atoms with Gasteiger partial charge in [-0.05, 0) is 12.5 Å². The Labute approximate surface area is 143 Å². The second kappa shape index (κ2) is 7.96. The molecule has 2 heterocycles. The Balaban J connectivity index is 1.51. The number of rotatable bonds is 4. The predicted octanol–water partition coefficient (Wildman–Crippen LogP) is 1.32. The van der Waals surface area contributed by atoms with Crippen molar-refractivity contribution in [3.8, 4) is 0 Å². The number of carbonyl (C=O) groups is 1. The number of nitrogens with zero attached hydrogens (tertiary/aromatic N) is 2. The van der Waals surface area contributed by atoms with Crippen LogP contribution in [-0.4, -0.2) is 74.0 Å². The Morgan fingerprint density at radius 1 is 1.29 bits per heavy atom. The van der Waals surface area contributed by atoms with Crippen LogP contribution in [0.2, 0.25) is 0 Å². The molecule has 2 aliphatic heterocycles. The van der Waals surface area contributed by atoms with Gasteiger partial charge in [0.25, 0.3) is 0 Å². The van der Waals surface area contributed by atoms with Crippen molar-refractivity contribution in [2.24, 2.45) is 0 Å². The van der Waals surface area contributed by atoms with Crippen molar-refractivity contribution in [1.29, 1.82) is 0 Å². The minimum Gasteiger partial charge on any atom is -0.377 e. The van der Waals surface area contributed by atoms with Crippen LogP contribution in [0.5, 0.6) is 0 Å². The van der Waals surface area contributed by atoms with Crippen LogP contribution in [0.3, 0.4) is 0 Å². The van der Waals surface area contributed by atoms with Gasteiger partial charge in [-0.3, -0.25) is 4.90 Å². The van der Waals surface area contributed by atoms with E-state index in [1.165, 1.54) is 5.56 Å². The number of hydrogen-bond acceptors (Lipinski definition) is 4. The molecule has 0 aromatic heterocycles. The third kappa shape index (κ3) is 4.06. The predicted molar refractivity (Wildman–Crippen MR) is 91.8 cm³/mol. The van der Waals surface area contributed by atoms with Crippen molar-refractivity contribution in [2.75, 3.05) is 40.0 Å². The van der Waals surface area contributed by atoms with E-state index in [2.05, 4.69) is 41.4 Å². The Hall–Kier alpha value is -1.63. The molecule has 1 N–H and O–H groups in total. The van der Waals surface area contributed by atoms with Gasteiger partial charge in [-0.2, -0.15) is 0 Å². The Bertz CT molecular complexity index is 540. The van der Waals surface area contributed by atoms with Crippen molar-refractivity contribution in [1.82, 2.24) is 15.1 Å². The van der Waals surface area contributed by atoms with E-state index in [9.17, 15) is 4.79 Å². The monoisotopic (exact) mass is 333 g/mol. The molecule has 2 amide bonds. The minimum atomic E-state index is -0.0583. The van der Waals surface area contributed by atoms with Crippen LogP contribution in [0.15, 0.2) is 30.3 Å². The maximum atomic E-state index is 12.6. The lowest BCUT2D eigenvalue weighted by Crippen LogP contribution is -2.58. The average molecular weight is 333 g/mol. The number of carbonyl (C=O) groups excluding carboxylic acids is 1. The van der Waals surface area contributed by atoms with Gasteiger partial charge in [0, 0.05) is 39.3 Å². The summed E-state index contributed by atoms with van der Waals surface area (Å²) >= 11 is 0. The molecule has 0 radical (unpaired) electrons. The normalized spacial score (nSPS) is 28.1. The van der Waals surface area contributed by atoms with E-state index in [0.29, 0.717) is 13.2 Å². The van der Waals surface area contributed by atoms with E-state index in [0.717, 1.165) is 26.2 Å². The first-order chi connectivity index (χ1) is 11.7. The highest BCUT2D eigenvalue weighted by molar-refractivity contribution is 5.75. The van der Waals surface area contributed by atoms with Crippen LogP contribution in [0.4, 0.5) is 4.79 Å². The molecule has 3 rings (SSSR count). The first-order valence-electron chi connectivity index (χ1n) is 8.61. The zero-order valence-electron chi connectivity index (χ0n) is 14.5. The van der Waals surface area contributed by atoms with Crippen LogP contribution in [0.1, 0.15) is 12.5 Å². The summed E-state index contributed by atoms with van der Waals surface area (Å²) in [5, 5.41) is 3.06. The molecule has 2 saturated heterocycles. The third-order valence-corrected chi connectivity index (χ3v) is 4.86. The molecule has 0 unspecified atom stereocenters. The zero-order valence-corrected chi connectivity index (χ0v) is 14.5. The second-order valence-corrected chi connectivity index (χ2v) is 6.63. The van der Waals surface area contributed by atoms with Crippen LogP contribution in [0.25, 0.3) is 0 Å². The maximum Gasteiger partial charge on any atom is 0.318 e. The fraction of sp³-hybridized carbons (Fsp3) is 0.611. The van der Waals surface area contributed by atoms with Crippen molar-refractivity contribution in [2.45, 2.75) is 31.7 Å². The standard InChI is InChI=1S/C18H27N3O3/c1-14-10-20(11-15-6-4-3-5-7-15)8-9-21(14)18(22)19-16-12-24-13-17(16)23-2/h3-7,14,16-17H,8-13H2,1-2H3,(H,19,22)/t14-,16+,17-/m1/s1. The quantitative estimate of drug-likeness (QED) is 0.903. The summed E-state index contributed by atoms with van der Waals surface area (Å²) in [4.78, 5) is 16.9. The Kier molecular flexibility index (Phi) is 5.71. The van der Waals surface area contributed by atoms with Gasteiger partial charge in [0.1, 0.15) is 6.10 Å². The summed E-state index contributed by atoms with van der Waals surface area (Å²) in [5.74, 6) is 0. The van der Waals surface area contributed by atoms with Gasteiger partial charge in [-0.15, -0.1) is 0 Å². The highest BCUT2D eigenvalue weighted by Crippen LogP contribution is 2.15. The molecule has 6 nitrogen and oxygen atoms in total. The Morgan fingerprint density at radius 3 is 2.79 bits per heavy atom. The van der Waals surface area contributed by atoms with E-state index in [-0.39, 0.29) is 24.2 Å². The Morgan fingerprint density at radius 2 is 2.08 bits per heavy atom. The third-order valence-electron chi connectivity index (χ3n) is 4.86. The van der Waals surface area contributed by atoms with Crippen molar-refractivity contribution >= 4 is 6.03 Å². The lowest BCUT2D eigenvalue weighted by atomic mass is 10.1. The molecule has 1 aromatic carbocycles. The number of methoxy groups -OCH3 is 1. The molecule has 6 heteroatoms. The molecule has 3 atom stereocenters. The zero-order chi connectivity index (χ0) is 16.9. The molecule has 2 aliphatic rings. The molecule has 2 fully saturated rings. The number of amides is 2. The van der Waals surface area contributed by atoms with Gasteiger partial charge in [0.2, 0.25) is 0 Å². The maximum absolute atomic E-state index is 12.6. The van der Waals surface area contributed by atoms with Crippen LogP contribution in [-0.2, 0) is 16.0 Å². The molecule has 0 spiro atoms. The molecule has 132 valence electrons. The molecule has 1 aromatic rings. The number of urea groups is 1. The summed E-state index contributed by atoms with van der Waals surface area (Å²) < 4.78 is 10.7. The van der Waals surface area contributed by atoms with Gasteiger partial charge in [0.15, 0.2) is 0 Å². The van der Waals surface area contributed by atoms with Gasteiger partial charge in [0.05, 0.1) is 19.3 Å². The number of benzene rings is 1. The largest absolute Gasteiger partial charge is 0.377 e. The van der Waals surface area contributed by atoms with E-state index >= 15 is 0 Å². The molecular formula is C18H27N3O3. The van der Waals surface area contributed by atoms with Crippen LogP contribution < -0.4 is 5.32 Å². The van der Waals surface area contributed by atoms with Gasteiger partial charge in [-0.1, -0.05) is 30.3 Å². The average Bonchev–Trinajstić information content (AvgIpc) is 3.03. The van der Waals surface area contributed by atoms with Crippen LogP contribution in [0, 0.1) is 0 Å². The first kappa shape index (κ1) is 17.2. The lowest BCUT2D eigenvalue weighted by Gasteiger charge is -2.40. The van der Waals surface area contributed by atoms with E-state index in [1.54, 1.807) is 7.11 Å². The fourth-order valence-corrected chi connectivity index (χ4v) is 3.46. The van der Waals surface area contributed by atoms with Crippen molar-refractivity contribution in [3.05, 3.63) is 35.9 Å². The summed E-state index contributed by atoms with van der Waals surface area (Å²) in [6, 6.07) is 10.6. The van der Waals surface area contributed by atoms with Crippen molar-refractivity contribution in [3.63, 3.8) is 0 Å². The van der Waals surface area contributed by atoms with Gasteiger partial charge < -0.3 is 19.7 Å². The number of piperazine rings is 1. The second-order valence-electron chi connectivity index (χ2n) is 6.63. The smallest absolute Gasteiger partial charge is 0.318 e. The molecule has 0 bridgehead atoms. The molecular weight excluding hydrogens is 306 g/mol. The highest BCUT2D eigenvalue weighted by Gasteiger charge is 2.33. The lowest BCUT2D eigenvalue weighted by molar-refractivity contribution is 0.0689. The summed E-state index contributed by atoms with van der Waals surface area (Å²) in [6.45, 7) is 6.62. The van der Waals surface area contributed by atoms with Gasteiger partial charge in [-0.25, -0.2) is 4.79 Å².